The Morgan fingerprint density at radius 2 is 1.77 bits per heavy atom. The van der Waals surface area contributed by atoms with Crippen LogP contribution in [-0.2, 0) is 12.7 Å². The molecule has 2 aromatic carbocycles. The summed E-state index contributed by atoms with van der Waals surface area (Å²) in [6, 6.07) is 12.9. The van der Waals surface area contributed by atoms with Crippen LogP contribution in [-0.4, -0.2) is 47.0 Å². The summed E-state index contributed by atoms with van der Waals surface area (Å²) in [6.07, 6.45) is -1.56. The summed E-state index contributed by atoms with van der Waals surface area (Å²) >= 11 is 0. The molecule has 2 bridgehead atoms. The Hall–Kier alpha value is -2.80. The number of fused-ring (bicyclic) bond motifs is 2. The SMILES string of the molecule is C=C(C)CN(CC)Cc1ccc(C(=O)N2[C@H]3CC[C@H]2CC(Oc2cccc(C(F)(F)F)c2)C3)cc1. The Morgan fingerprint density at radius 1 is 1.11 bits per heavy atom. The molecule has 2 atom stereocenters. The fraction of sp³-hybridized carbons (Fsp3) is 0.464. The molecule has 2 heterocycles. The number of benzene rings is 2. The van der Waals surface area contributed by atoms with Crippen LogP contribution >= 0.6 is 0 Å². The smallest absolute Gasteiger partial charge is 0.416 e. The maximum Gasteiger partial charge on any atom is 0.416 e. The van der Waals surface area contributed by atoms with Crippen LogP contribution in [0.2, 0.25) is 0 Å². The van der Waals surface area contributed by atoms with E-state index in [0.717, 1.165) is 55.7 Å². The Labute approximate surface area is 205 Å². The summed E-state index contributed by atoms with van der Waals surface area (Å²) < 4.78 is 45.0. The number of carbonyl (C=O) groups excluding carboxylic acids is 1. The van der Waals surface area contributed by atoms with Crippen LogP contribution in [0.15, 0.2) is 60.7 Å². The minimum atomic E-state index is -4.40. The zero-order valence-electron chi connectivity index (χ0n) is 20.4. The van der Waals surface area contributed by atoms with Gasteiger partial charge in [-0.05, 0) is 62.2 Å². The number of piperidine rings is 1. The summed E-state index contributed by atoms with van der Waals surface area (Å²) in [5.74, 6) is 0.253. The van der Waals surface area contributed by atoms with Crippen molar-refractivity contribution < 1.29 is 22.7 Å². The molecule has 0 N–H and O–H groups in total. The Morgan fingerprint density at radius 3 is 2.34 bits per heavy atom. The number of hydrogen-bond acceptors (Lipinski definition) is 3. The average Bonchev–Trinajstić information content (AvgIpc) is 3.08. The van der Waals surface area contributed by atoms with Crippen LogP contribution in [0, 0.1) is 0 Å². The van der Waals surface area contributed by atoms with Crippen molar-refractivity contribution in [1.29, 1.82) is 0 Å². The minimum absolute atomic E-state index is 0.0239. The lowest BCUT2D eigenvalue weighted by Crippen LogP contribution is -2.49. The third-order valence-corrected chi connectivity index (χ3v) is 6.94. The van der Waals surface area contributed by atoms with Crippen molar-refractivity contribution in [2.75, 3.05) is 13.1 Å². The number of alkyl halides is 3. The molecule has 2 saturated heterocycles. The van der Waals surface area contributed by atoms with E-state index in [9.17, 15) is 18.0 Å². The van der Waals surface area contributed by atoms with Crippen molar-refractivity contribution in [3.63, 3.8) is 0 Å². The van der Waals surface area contributed by atoms with Gasteiger partial charge in [0, 0.05) is 43.6 Å². The van der Waals surface area contributed by atoms with Gasteiger partial charge in [-0.15, -0.1) is 0 Å². The molecule has 2 aliphatic heterocycles. The van der Waals surface area contributed by atoms with E-state index in [4.69, 9.17) is 4.74 Å². The van der Waals surface area contributed by atoms with Crippen LogP contribution in [0.1, 0.15) is 61.0 Å². The molecule has 1 amide bonds. The maximum absolute atomic E-state index is 13.4. The number of rotatable bonds is 8. The number of halogens is 3. The summed E-state index contributed by atoms with van der Waals surface area (Å²) in [6.45, 7) is 10.7. The van der Waals surface area contributed by atoms with Crippen LogP contribution in [0.5, 0.6) is 5.75 Å². The highest BCUT2D eigenvalue weighted by Crippen LogP contribution is 2.39. The summed E-state index contributed by atoms with van der Waals surface area (Å²) in [4.78, 5) is 17.6. The normalized spacial score (nSPS) is 21.9. The molecule has 4 rings (SSSR count). The first-order valence-electron chi connectivity index (χ1n) is 12.3. The number of likely N-dealkylation sites (N-methyl/N-ethyl adjacent to an activating group) is 1. The highest BCUT2D eigenvalue weighted by molar-refractivity contribution is 5.95. The largest absolute Gasteiger partial charge is 0.490 e. The predicted octanol–water partition coefficient (Wildman–Crippen LogP) is 6.32. The van der Waals surface area contributed by atoms with E-state index in [-0.39, 0.29) is 29.8 Å². The predicted molar refractivity (Wildman–Crippen MR) is 130 cm³/mol. The van der Waals surface area contributed by atoms with Crippen molar-refractivity contribution in [3.8, 4) is 5.75 Å². The van der Waals surface area contributed by atoms with E-state index in [1.165, 1.54) is 6.07 Å². The first-order valence-corrected chi connectivity index (χ1v) is 12.3. The van der Waals surface area contributed by atoms with Crippen molar-refractivity contribution in [2.24, 2.45) is 0 Å². The van der Waals surface area contributed by atoms with E-state index < -0.39 is 11.7 Å². The van der Waals surface area contributed by atoms with Crippen LogP contribution in [0.25, 0.3) is 0 Å². The van der Waals surface area contributed by atoms with Gasteiger partial charge in [0.1, 0.15) is 11.9 Å². The first kappa shape index (κ1) is 25.3. The summed E-state index contributed by atoms with van der Waals surface area (Å²) in [5.41, 5.74) is 2.23. The third kappa shape index (κ3) is 6.07. The van der Waals surface area contributed by atoms with Gasteiger partial charge in [-0.2, -0.15) is 13.2 Å². The Balaban J connectivity index is 1.38. The molecular weight excluding hydrogens is 453 g/mol. The maximum atomic E-state index is 13.4. The van der Waals surface area contributed by atoms with E-state index in [1.54, 1.807) is 6.07 Å². The van der Waals surface area contributed by atoms with Gasteiger partial charge in [0.05, 0.1) is 5.56 Å². The van der Waals surface area contributed by atoms with E-state index >= 15 is 0 Å². The van der Waals surface area contributed by atoms with Crippen LogP contribution < -0.4 is 4.74 Å². The second-order valence-corrected chi connectivity index (χ2v) is 9.79. The molecule has 0 radical (unpaired) electrons. The van der Waals surface area contributed by atoms with Gasteiger partial charge in [-0.3, -0.25) is 9.69 Å². The van der Waals surface area contributed by atoms with Gasteiger partial charge in [0.2, 0.25) is 0 Å². The molecule has 0 aliphatic carbocycles. The standard InChI is InChI=1S/C28H33F3N2O2/c1-4-32(17-19(2)3)18-20-8-10-21(11-9-20)27(34)33-23-12-13-24(33)16-26(15-23)35-25-7-5-6-22(14-25)28(29,30)31/h5-11,14,23-24,26H,2,4,12-13,15-18H2,1,3H3/t23-,24-/m0/s1. The fourth-order valence-electron chi connectivity index (χ4n) is 5.31. The second-order valence-electron chi connectivity index (χ2n) is 9.79. The Kier molecular flexibility index (Phi) is 7.55. The lowest BCUT2D eigenvalue weighted by Gasteiger charge is -2.39. The topological polar surface area (TPSA) is 32.8 Å². The number of amides is 1. The van der Waals surface area contributed by atoms with E-state index in [2.05, 4.69) is 18.4 Å². The Bertz CT molecular complexity index is 1040. The second kappa shape index (κ2) is 10.4. The van der Waals surface area contributed by atoms with Crippen LogP contribution in [0.3, 0.4) is 0 Å². The molecule has 0 saturated carbocycles. The molecule has 0 spiro atoms. The third-order valence-electron chi connectivity index (χ3n) is 6.94. The van der Waals surface area contributed by atoms with Gasteiger partial charge < -0.3 is 9.64 Å². The fourth-order valence-corrected chi connectivity index (χ4v) is 5.31. The van der Waals surface area contributed by atoms with Crippen LogP contribution in [0.4, 0.5) is 13.2 Å². The molecule has 7 heteroatoms. The lowest BCUT2D eigenvalue weighted by atomic mass is 9.98. The molecule has 188 valence electrons. The highest BCUT2D eigenvalue weighted by atomic mass is 19.4. The van der Waals surface area contributed by atoms with Crippen molar-refractivity contribution >= 4 is 5.91 Å². The van der Waals surface area contributed by atoms with Gasteiger partial charge in [0.25, 0.3) is 5.91 Å². The van der Waals surface area contributed by atoms with Crippen molar-refractivity contribution in [2.45, 2.75) is 70.4 Å². The molecule has 0 aromatic heterocycles. The monoisotopic (exact) mass is 486 g/mol. The number of ether oxygens (including phenoxy) is 1. The first-order chi connectivity index (χ1) is 16.6. The zero-order chi connectivity index (χ0) is 25.2. The molecule has 2 aliphatic rings. The van der Waals surface area contributed by atoms with Crippen molar-refractivity contribution in [3.05, 3.63) is 77.4 Å². The molecular formula is C28H33F3N2O2. The quantitative estimate of drug-likeness (QED) is 0.410. The molecule has 4 nitrogen and oxygen atoms in total. The molecule has 2 fully saturated rings. The summed E-state index contributed by atoms with van der Waals surface area (Å²) in [5, 5.41) is 0. The van der Waals surface area contributed by atoms with Gasteiger partial charge in [-0.1, -0.05) is 37.3 Å². The minimum Gasteiger partial charge on any atom is -0.490 e. The average molecular weight is 487 g/mol. The molecule has 0 unspecified atom stereocenters. The lowest BCUT2D eigenvalue weighted by molar-refractivity contribution is -0.137. The molecule has 2 aromatic rings. The number of nitrogens with zero attached hydrogens (tertiary/aromatic N) is 2. The van der Waals surface area contributed by atoms with E-state index in [1.807, 2.05) is 36.1 Å². The van der Waals surface area contributed by atoms with Gasteiger partial charge in [-0.25, -0.2) is 0 Å². The zero-order valence-corrected chi connectivity index (χ0v) is 20.4. The highest BCUT2D eigenvalue weighted by Gasteiger charge is 2.44. The van der Waals surface area contributed by atoms with Gasteiger partial charge in [0.15, 0.2) is 0 Å². The van der Waals surface area contributed by atoms with E-state index in [0.29, 0.717) is 18.4 Å². The summed E-state index contributed by atoms with van der Waals surface area (Å²) in [7, 11) is 0. The van der Waals surface area contributed by atoms with Gasteiger partial charge >= 0.3 is 6.18 Å². The molecule has 35 heavy (non-hydrogen) atoms. The number of carbonyl (C=O) groups is 1. The van der Waals surface area contributed by atoms with Crippen molar-refractivity contribution in [1.82, 2.24) is 9.80 Å². The number of hydrogen-bond donors (Lipinski definition) is 0.